The average molecular weight is 375 g/mol. The minimum absolute atomic E-state index is 0.0537. The van der Waals surface area contributed by atoms with Crippen molar-refractivity contribution in [2.75, 3.05) is 31.1 Å². The van der Waals surface area contributed by atoms with Gasteiger partial charge in [-0.3, -0.25) is 4.79 Å². The number of nitrogens with zero attached hydrogens (tertiary/aromatic N) is 1. The summed E-state index contributed by atoms with van der Waals surface area (Å²) in [4.78, 5) is 16.1. The predicted molar refractivity (Wildman–Crippen MR) is 104 cm³/mol. The number of hydrogen-bond donors (Lipinski definition) is 3. The van der Waals surface area contributed by atoms with Gasteiger partial charge in [0.15, 0.2) is 6.04 Å². The fraction of sp³-hybridized carbons (Fsp3) is 0.350. The van der Waals surface area contributed by atoms with Crippen molar-refractivity contribution in [1.29, 1.82) is 0 Å². The Hall–Kier alpha value is -2.24. The van der Waals surface area contributed by atoms with Crippen molar-refractivity contribution in [2.24, 2.45) is 0 Å². The van der Waals surface area contributed by atoms with Crippen LogP contribution in [-0.4, -0.2) is 43.2 Å². The van der Waals surface area contributed by atoms with E-state index in [2.05, 4.69) is 10.2 Å². The van der Waals surface area contributed by atoms with Crippen LogP contribution in [0.5, 0.6) is 5.75 Å². The average Bonchev–Trinajstić information content (AvgIpc) is 2.67. The minimum atomic E-state index is -0.0977. The van der Waals surface area contributed by atoms with E-state index in [0.717, 1.165) is 37.4 Å². The molecule has 5 nitrogen and oxygen atoms in total. The normalized spacial score (nSPS) is 16.3. The number of quaternary nitrogens is 1. The predicted octanol–water partition coefficient (Wildman–Crippen LogP) is 1.46. The van der Waals surface area contributed by atoms with Crippen LogP contribution in [0.15, 0.2) is 48.5 Å². The van der Waals surface area contributed by atoms with Gasteiger partial charge in [-0.1, -0.05) is 29.8 Å². The van der Waals surface area contributed by atoms with Gasteiger partial charge in [0.25, 0.3) is 5.91 Å². The number of phenols is 1. The van der Waals surface area contributed by atoms with Gasteiger partial charge in [0, 0.05) is 17.3 Å². The maximum Gasteiger partial charge on any atom is 0.278 e. The molecule has 3 N–H and O–H groups in total. The highest BCUT2D eigenvalue weighted by atomic mass is 35.5. The van der Waals surface area contributed by atoms with E-state index in [1.165, 1.54) is 4.90 Å². The smallest absolute Gasteiger partial charge is 0.278 e. The molecular weight excluding hydrogens is 350 g/mol. The van der Waals surface area contributed by atoms with Gasteiger partial charge in [0.2, 0.25) is 0 Å². The largest absolute Gasteiger partial charge is 0.508 e. The van der Waals surface area contributed by atoms with Crippen LogP contribution in [0.1, 0.15) is 12.5 Å². The molecule has 0 aromatic heterocycles. The third-order valence-electron chi connectivity index (χ3n) is 5.04. The first kappa shape index (κ1) is 18.5. The SMILES string of the molecule is C[C@@H](C(=O)NCc1ccccc1Cl)[NH+]1CCN(c2ccc(O)cc2)CC1. The first-order valence-corrected chi connectivity index (χ1v) is 9.32. The van der Waals surface area contributed by atoms with E-state index >= 15 is 0 Å². The number of amides is 1. The summed E-state index contributed by atoms with van der Waals surface area (Å²) in [7, 11) is 0. The van der Waals surface area contributed by atoms with E-state index in [9.17, 15) is 9.90 Å². The van der Waals surface area contributed by atoms with Gasteiger partial charge in [-0.15, -0.1) is 0 Å². The Labute approximate surface area is 159 Å². The third kappa shape index (κ3) is 4.48. The molecule has 0 aliphatic carbocycles. The molecule has 1 heterocycles. The molecule has 1 aliphatic heterocycles. The van der Waals surface area contributed by atoms with E-state index in [1.54, 1.807) is 12.1 Å². The number of benzene rings is 2. The van der Waals surface area contributed by atoms with E-state index in [0.29, 0.717) is 11.6 Å². The quantitative estimate of drug-likeness (QED) is 0.742. The van der Waals surface area contributed by atoms with Gasteiger partial charge in [0.1, 0.15) is 5.75 Å². The van der Waals surface area contributed by atoms with Crippen molar-refractivity contribution < 1.29 is 14.8 Å². The molecule has 2 aromatic rings. The maximum absolute atomic E-state index is 12.5. The molecule has 1 atom stereocenters. The second kappa shape index (κ2) is 8.43. The van der Waals surface area contributed by atoms with E-state index in [4.69, 9.17) is 11.6 Å². The lowest BCUT2D eigenvalue weighted by molar-refractivity contribution is -0.914. The molecule has 6 heteroatoms. The lowest BCUT2D eigenvalue weighted by atomic mass is 10.1. The first-order chi connectivity index (χ1) is 12.5. The van der Waals surface area contributed by atoms with E-state index in [1.807, 2.05) is 43.3 Å². The molecule has 138 valence electrons. The number of phenolic OH excluding ortho intramolecular Hbond substituents is 1. The maximum atomic E-state index is 12.5. The number of hydrogen-bond acceptors (Lipinski definition) is 3. The number of rotatable bonds is 5. The van der Waals surface area contributed by atoms with Crippen molar-refractivity contribution in [1.82, 2.24) is 5.32 Å². The number of nitrogens with one attached hydrogen (secondary N) is 2. The Balaban J connectivity index is 1.49. The number of carbonyl (C=O) groups is 1. The summed E-state index contributed by atoms with van der Waals surface area (Å²) in [6, 6.07) is 14.7. The zero-order valence-corrected chi connectivity index (χ0v) is 15.7. The van der Waals surface area contributed by atoms with Gasteiger partial charge in [-0.2, -0.15) is 0 Å². The Morgan fingerprint density at radius 1 is 1.19 bits per heavy atom. The second-order valence-corrected chi connectivity index (χ2v) is 7.10. The molecular formula is C20H25ClN3O2+. The molecule has 26 heavy (non-hydrogen) atoms. The lowest BCUT2D eigenvalue weighted by Crippen LogP contribution is -3.19. The molecule has 0 unspecified atom stereocenters. The molecule has 0 radical (unpaired) electrons. The molecule has 0 bridgehead atoms. The van der Waals surface area contributed by atoms with Crippen LogP contribution in [0.2, 0.25) is 5.02 Å². The summed E-state index contributed by atoms with van der Waals surface area (Å²) >= 11 is 6.14. The van der Waals surface area contributed by atoms with Crippen molar-refractivity contribution >= 4 is 23.2 Å². The standard InChI is InChI=1S/C20H24ClN3O2/c1-15(20(26)22-14-16-4-2-3-5-19(16)21)23-10-12-24(13-11-23)17-6-8-18(25)9-7-17/h2-9,15,25H,10-14H2,1H3,(H,22,26)/p+1/t15-/m0/s1. The zero-order chi connectivity index (χ0) is 18.5. The van der Waals surface area contributed by atoms with Crippen molar-refractivity contribution in [2.45, 2.75) is 19.5 Å². The van der Waals surface area contributed by atoms with Crippen LogP contribution in [0.4, 0.5) is 5.69 Å². The molecule has 3 rings (SSSR count). The van der Waals surface area contributed by atoms with Crippen LogP contribution >= 0.6 is 11.6 Å². The molecule has 0 saturated carbocycles. The lowest BCUT2D eigenvalue weighted by Gasteiger charge is -2.36. The third-order valence-corrected chi connectivity index (χ3v) is 5.41. The van der Waals surface area contributed by atoms with Gasteiger partial charge >= 0.3 is 0 Å². The Bertz CT molecular complexity index is 743. The fourth-order valence-corrected chi connectivity index (χ4v) is 3.51. The number of piperazine rings is 1. The Morgan fingerprint density at radius 3 is 2.50 bits per heavy atom. The zero-order valence-electron chi connectivity index (χ0n) is 14.9. The Morgan fingerprint density at radius 2 is 1.85 bits per heavy atom. The fourth-order valence-electron chi connectivity index (χ4n) is 3.31. The highest BCUT2D eigenvalue weighted by molar-refractivity contribution is 6.31. The summed E-state index contributed by atoms with van der Waals surface area (Å²) < 4.78 is 0. The summed E-state index contributed by atoms with van der Waals surface area (Å²) in [5, 5.41) is 13.1. The summed E-state index contributed by atoms with van der Waals surface area (Å²) in [5.41, 5.74) is 2.04. The van der Waals surface area contributed by atoms with E-state index in [-0.39, 0.29) is 17.7 Å². The summed E-state index contributed by atoms with van der Waals surface area (Å²) in [6.45, 7) is 6.02. The van der Waals surface area contributed by atoms with E-state index < -0.39 is 0 Å². The van der Waals surface area contributed by atoms with Gasteiger partial charge in [0.05, 0.1) is 26.2 Å². The molecule has 1 fully saturated rings. The van der Waals surface area contributed by atoms with Crippen LogP contribution in [0.3, 0.4) is 0 Å². The van der Waals surface area contributed by atoms with Crippen LogP contribution in [-0.2, 0) is 11.3 Å². The summed E-state index contributed by atoms with van der Waals surface area (Å²) in [5.74, 6) is 0.333. The highest BCUT2D eigenvalue weighted by Crippen LogP contribution is 2.18. The number of aromatic hydroxyl groups is 1. The van der Waals surface area contributed by atoms with Gasteiger partial charge in [-0.05, 0) is 42.8 Å². The number of carbonyl (C=O) groups excluding carboxylic acids is 1. The number of halogens is 1. The van der Waals surface area contributed by atoms with Crippen molar-refractivity contribution in [3.05, 3.63) is 59.1 Å². The second-order valence-electron chi connectivity index (χ2n) is 6.69. The van der Waals surface area contributed by atoms with Crippen LogP contribution < -0.4 is 15.1 Å². The van der Waals surface area contributed by atoms with Crippen molar-refractivity contribution in [3.8, 4) is 5.75 Å². The number of anilines is 1. The highest BCUT2D eigenvalue weighted by Gasteiger charge is 2.29. The van der Waals surface area contributed by atoms with Crippen LogP contribution in [0.25, 0.3) is 0 Å². The summed E-state index contributed by atoms with van der Waals surface area (Å²) in [6.07, 6.45) is 0. The van der Waals surface area contributed by atoms with Gasteiger partial charge < -0.3 is 20.2 Å². The molecule has 2 aromatic carbocycles. The Kier molecular flexibility index (Phi) is 6.01. The molecule has 1 amide bonds. The molecule has 0 spiro atoms. The minimum Gasteiger partial charge on any atom is -0.508 e. The molecule has 1 saturated heterocycles. The van der Waals surface area contributed by atoms with Gasteiger partial charge in [-0.25, -0.2) is 0 Å². The molecule has 1 aliphatic rings. The first-order valence-electron chi connectivity index (χ1n) is 8.94. The van der Waals surface area contributed by atoms with Crippen LogP contribution in [0, 0.1) is 0 Å². The topological polar surface area (TPSA) is 57.0 Å². The monoisotopic (exact) mass is 374 g/mol. The van der Waals surface area contributed by atoms with Crippen molar-refractivity contribution in [3.63, 3.8) is 0 Å².